The molecule has 0 radical (unpaired) electrons. The maximum absolute atomic E-state index is 10.7. The zero-order valence-electron chi connectivity index (χ0n) is 18.7. The Hall–Kier alpha value is -2.65. The monoisotopic (exact) mass is 696 g/mol. The van der Waals surface area contributed by atoms with E-state index < -0.39 is 15.6 Å². The van der Waals surface area contributed by atoms with Gasteiger partial charge in [-0.15, -0.1) is 0 Å². The van der Waals surface area contributed by atoms with Gasteiger partial charge in [-0.1, -0.05) is 19.4 Å². The number of aromatic nitrogens is 5. The number of halogens is 3. The van der Waals surface area contributed by atoms with Gasteiger partial charge in [0, 0.05) is 12.4 Å². The minimum absolute atomic E-state index is 0. The van der Waals surface area contributed by atoms with Crippen LogP contribution in [0.1, 0.15) is 19.8 Å². The largest absolute Gasteiger partial charge is 1.00 e. The average molecular weight is 696 g/mol. The molecule has 1 aliphatic heterocycles. The summed E-state index contributed by atoms with van der Waals surface area (Å²) in [6.07, 6.45) is 10.1. The molecular formula is C20H24AuF3N7O3S-. The van der Waals surface area contributed by atoms with Gasteiger partial charge in [-0.3, -0.25) is 10.2 Å². The van der Waals surface area contributed by atoms with E-state index in [-0.39, 0.29) is 22.4 Å². The summed E-state index contributed by atoms with van der Waals surface area (Å²) < 4.78 is 58.9. The summed E-state index contributed by atoms with van der Waals surface area (Å²) in [4.78, 5) is 8.79. The van der Waals surface area contributed by atoms with Crippen LogP contribution in [-0.2, 0) is 32.5 Å². The van der Waals surface area contributed by atoms with E-state index in [1.54, 1.807) is 12.4 Å². The second-order valence-corrected chi connectivity index (χ2v) is 8.29. The van der Waals surface area contributed by atoms with E-state index in [0.717, 1.165) is 29.3 Å². The van der Waals surface area contributed by atoms with Crippen LogP contribution in [0, 0.1) is 6.67 Å². The number of alkyl halides is 3. The zero-order chi connectivity index (χ0) is 25.2. The minimum atomic E-state index is -6.09. The molecule has 4 rings (SSSR count). The first-order valence-electron chi connectivity index (χ1n) is 10.0. The number of pyridine rings is 1. The number of hydrogen-bond donors (Lipinski definition) is 2. The fraction of sp³-hybridized carbons (Fsp3) is 0.300. The molecule has 0 saturated carbocycles. The topological polar surface area (TPSA) is 134 Å². The molecule has 196 valence electrons. The van der Waals surface area contributed by atoms with Gasteiger partial charge in [0.1, 0.15) is 0 Å². The molecule has 4 heterocycles. The SMILES string of the molecule is CCCCN1C=CN(C)[CH-]1.O=S(=O)([O-])C(F)(F)F.[Au+].c1cc(-c2ccn[nH]2)nc(-c2ccn[nH]2)c1. The van der Waals surface area contributed by atoms with Crippen LogP contribution in [0.3, 0.4) is 0 Å². The molecule has 10 nitrogen and oxygen atoms in total. The Balaban J connectivity index is 0.000000281. The molecule has 2 N–H and O–H groups in total. The molecule has 0 atom stereocenters. The van der Waals surface area contributed by atoms with Gasteiger partial charge in [0.25, 0.3) is 0 Å². The van der Waals surface area contributed by atoms with Crippen molar-refractivity contribution in [3.63, 3.8) is 0 Å². The fourth-order valence-corrected chi connectivity index (χ4v) is 2.51. The molecule has 3 aromatic heterocycles. The van der Waals surface area contributed by atoms with Crippen molar-refractivity contribution in [2.45, 2.75) is 25.3 Å². The van der Waals surface area contributed by atoms with Gasteiger partial charge in [0.05, 0.1) is 22.8 Å². The number of H-pyrrole nitrogens is 2. The van der Waals surface area contributed by atoms with Crippen molar-refractivity contribution < 1.29 is 48.5 Å². The molecule has 0 fully saturated rings. The Morgan fingerprint density at radius 2 is 1.54 bits per heavy atom. The van der Waals surface area contributed by atoms with Crippen LogP contribution in [0.2, 0.25) is 0 Å². The Bertz CT molecular complexity index is 1080. The molecular weight excluding hydrogens is 672 g/mol. The van der Waals surface area contributed by atoms with E-state index in [1.165, 1.54) is 12.8 Å². The number of aromatic amines is 2. The second-order valence-electron chi connectivity index (χ2n) is 6.92. The first-order chi connectivity index (χ1) is 16.0. The maximum atomic E-state index is 10.7. The van der Waals surface area contributed by atoms with Gasteiger partial charge in [-0.2, -0.15) is 30.0 Å². The quantitative estimate of drug-likeness (QED) is 0.179. The molecule has 35 heavy (non-hydrogen) atoms. The van der Waals surface area contributed by atoms with Crippen molar-refractivity contribution >= 4 is 10.1 Å². The standard InChI is InChI=1S/C11H9N5.C8H15N2.CHF3O3S.Au/c1-2-8(10-4-6-12-15-10)14-9(3-1)11-5-7-13-16-11;1-3-4-5-10-7-6-9(2)8-10;2-1(3,4)8(5,6)7;/h1-7H,(H,12,15)(H,13,16);6-8H,3-5H2,1-2H3;(H,5,6,7);/q;-1;;+1/p-1. The van der Waals surface area contributed by atoms with Crippen LogP contribution in [0.4, 0.5) is 13.2 Å². The van der Waals surface area contributed by atoms with E-state index in [2.05, 4.69) is 61.2 Å². The van der Waals surface area contributed by atoms with Gasteiger partial charge in [0.15, 0.2) is 10.1 Å². The van der Waals surface area contributed by atoms with Crippen LogP contribution in [0.15, 0.2) is 55.1 Å². The Morgan fingerprint density at radius 1 is 1.03 bits per heavy atom. The molecule has 0 aromatic carbocycles. The molecule has 0 bridgehead atoms. The maximum Gasteiger partial charge on any atom is 1.00 e. The summed E-state index contributed by atoms with van der Waals surface area (Å²) in [7, 11) is -4.05. The number of unbranched alkanes of at least 4 members (excludes halogenated alkanes) is 1. The number of hydrogen-bond acceptors (Lipinski definition) is 8. The van der Waals surface area contributed by atoms with E-state index in [4.69, 9.17) is 13.0 Å². The predicted octanol–water partition coefficient (Wildman–Crippen LogP) is 3.54. The van der Waals surface area contributed by atoms with E-state index in [1.807, 2.05) is 37.4 Å². The van der Waals surface area contributed by atoms with Crippen molar-refractivity contribution in [2.75, 3.05) is 13.6 Å². The Kier molecular flexibility index (Phi) is 12.2. The van der Waals surface area contributed by atoms with Crippen LogP contribution in [-0.4, -0.2) is 67.2 Å². The van der Waals surface area contributed by atoms with Crippen LogP contribution < -0.4 is 0 Å². The Labute approximate surface area is 216 Å². The van der Waals surface area contributed by atoms with Crippen LogP contribution in [0.5, 0.6) is 0 Å². The zero-order valence-corrected chi connectivity index (χ0v) is 21.7. The summed E-state index contributed by atoms with van der Waals surface area (Å²) >= 11 is 0. The van der Waals surface area contributed by atoms with E-state index in [0.29, 0.717) is 0 Å². The van der Waals surface area contributed by atoms with E-state index >= 15 is 0 Å². The first-order valence-corrected chi connectivity index (χ1v) is 11.4. The second kappa shape index (κ2) is 14.0. The molecule has 15 heteroatoms. The third-order valence-corrected chi connectivity index (χ3v) is 4.75. The van der Waals surface area contributed by atoms with Crippen molar-refractivity contribution in [2.24, 2.45) is 0 Å². The molecule has 3 aromatic rings. The van der Waals surface area contributed by atoms with Crippen LogP contribution >= 0.6 is 0 Å². The smallest absolute Gasteiger partial charge is 0.741 e. The molecule has 0 saturated heterocycles. The fourth-order valence-electron chi connectivity index (χ4n) is 2.51. The van der Waals surface area contributed by atoms with Crippen molar-refractivity contribution in [1.82, 2.24) is 35.2 Å². The van der Waals surface area contributed by atoms with Crippen molar-refractivity contribution in [3.8, 4) is 22.8 Å². The minimum Gasteiger partial charge on any atom is -0.741 e. The van der Waals surface area contributed by atoms with Gasteiger partial charge in [0.2, 0.25) is 0 Å². The number of nitrogens with zero attached hydrogens (tertiary/aromatic N) is 5. The average Bonchev–Trinajstić information content (AvgIpc) is 3.55. The van der Waals surface area contributed by atoms with Gasteiger partial charge in [-0.25, -0.2) is 13.4 Å². The van der Waals surface area contributed by atoms with Gasteiger partial charge < -0.3 is 14.4 Å². The summed E-state index contributed by atoms with van der Waals surface area (Å²) in [5.41, 5.74) is -2.11. The summed E-state index contributed by atoms with van der Waals surface area (Å²) in [6, 6.07) is 9.61. The molecule has 0 aliphatic carbocycles. The number of rotatable bonds is 5. The normalized spacial score (nSPS) is 12.9. The van der Waals surface area contributed by atoms with Crippen LogP contribution in [0.25, 0.3) is 22.8 Å². The molecule has 0 amide bonds. The van der Waals surface area contributed by atoms with Gasteiger partial charge >= 0.3 is 27.9 Å². The third kappa shape index (κ3) is 10.2. The van der Waals surface area contributed by atoms with Crippen molar-refractivity contribution in [1.29, 1.82) is 0 Å². The van der Waals surface area contributed by atoms with Crippen molar-refractivity contribution in [3.05, 3.63) is 61.8 Å². The third-order valence-electron chi connectivity index (χ3n) is 4.18. The molecule has 0 spiro atoms. The first kappa shape index (κ1) is 30.4. The Morgan fingerprint density at radius 3 is 1.89 bits per heavy atom. The van der Waals surface area contributed by atoms with E-state index in [9.17, 15) is 13.2 Å². The molecule has 1 aliphatic rings. The number of nitrogens with one attached hydrogen (secondary N) is 2. The summed E-state index contributed by atoms with van der Waals surface area (Å²) in [5, 5.41) is 13.6. The summed E-state index contributed by atoms with van der Waals surface area (Å²) in [6.45, 7) is 5.47. The summed E-state index contributed by atoms with van der Waals surface area (Å²) in [5.74, 6) is 0. The van der Waals surface area contributed by atoms with Gasteiger partial charge in [-0.05, 0) is 56.7 Å². The molecule has 0 unspecified atom stereocenters. The predicted molar refractivity (Wildman–Crippen MR) is 118 cm³/mol.